The minimum absolute atomic E-state index is 0.121. The average molecular weight is 643 g/mol. The Bertz CT molecular complexity index is 2230. The zero-order valence-corrected chi connectivity index (χ0v) is 25.5. The fraction of sp³-hybridized carbons (Fsp3) is 0.176. The highest BCUT2D eigenvalue weighted by Gasteiger charge is 2.27. The van der Waals surface area contributed by atoms with Crippen LogP contribution in [0.4, 0.5) is 13.2 Å². The second kappa shape index (κ2) is 11.3. The highest BCUT2D eigenvalue weighted by Crippen LogP contribution is 2.37. The first kappa shape index (κ1) is 29.5. The van der Waals surface area contributed by atoms with E-state index in [2.05, 4.69) is 20.6 Å². The van der Waals surface area contributed by atoms with Gasteiger partial charge in [0.15, 0.2) is 0 Å². The lowest BCUT2D eigenvalue weighted by Gasteiger charge is -2.18. The Morgan fingerprint density at radius 2 is 1.26 bits per heavy atom. The van der Waals surface area contributed by atoms with E-state index in [0.29, 0.717) is 64.8 Å². The summed E-state index contributed by atoms with van der Waals surface area (Å²) in [4.78, 5) is 32.0. The lowest BCUT2D eigenvalue weighted by atomic mass is 10.0. The van der Waals surface area contributed by atoms with Gasteiger partial charge >= 0.3 is 0 Å². The molecule has 0 saturated heterocycles. The Morgan fingerprint density at radius 1 is 0.717 bits per heavy atom. The van der Waals surface area contributed by atoms with Crippen LogP contribution in [0.3, 0.4) is 0 Å². The first-order valence-corrected chi connectivity index (χ1v) is 14.9. The number of aryl methyl sites for hydroxylation is 2. The number of hydrogen-bond acceptors (Lipinski definition) is 4. The first-order chi connectivity index (χ1) is 22.1. The number of fused-ring (bicyclic) bond motifs is 6. The van der Waals surface area contributed by atoms with Crippen LogP contribution in [0.2, 0.25) is 5.15 Å². The number of carbonyl (C=O) groups excluding carboxylic acids is 2. The van der Waals surface area contributed by atoms with Crippen LogP contribution >= 0.6 is 11.6 Å². The molecule has 8 rings (SSSR count). The number of carbonyl (C=O) groups is 2. The largest absolute Gasteiger partial charge is 0.349 e. The molecule has 12 heteroatoms. The number of halogens is 4. The third kappa shape index (κ3) is 4.87. The maximum Gasteiger partial charge on any atom is 0.268 e. The third-order valence-corrected chi connectivity index (χ3v) is 8.70. The molecular formula is C34H26ClF3N6O2. The lowest BCUT2D eigenvalue weighted by molar-refractivity contribution is 0.0920. The summed E-state index contributed by atoms with van der Waals surface area (Å²) in [7, 11) is 0. The minimum atomic E-state index is -0.589. The van der Waals surface area contributed by atoms with Gasteiger partial charge in [-0.2, -0.15) is 4.39 Å². The van der Waals surface area contributed by atoms with Gasteiger partial charge in [0.2, 0.25) is 5.95 Å². The maximum atomic E-state index is 14.2. The minimum Gasteiger partial charge on any atom is -0.349 e. The molecule has 2 aromatic carbocycles. The quantitative estimate of drug-likeness (QED) is 0.209. The second-order valence-electron chi connectivity index (χ2n) is 11.2. The standard InChI is InChI=1S/C17H13ClFN3O.C17H13F2N3O/c1-9-12-7-11(19)8-13(10-2-3-20-14(18)6-10)16(12)22-5-4-21-17(23)15(9)22;1-9-12-6-11(18)7-13(10-2-3-14(19)21-8-10)16(12)22-5-4-20-17(23)15(9)22/h2-3,6-8H,4-5H2,1H3,(H,21,23);2-3,6-8H,4-5H2,1H3,(H,20,23). The fourth-order valence-corrected chi connectivity index (χ4v) is 6.72. The van der Waals surface area contributed by atoms with Crippen molar-refractivity contribution in [3.8, 4) is 22.3 Å². The summed E-state index contributed by atoms with van der Waals surface area (Å²) in [6.45, 7) is 6.01. The number of nitrogens with one attached hydrogen (secondary N) is 2. The average Bonchev–Trinajstić information content (AvgIpc) is 3.49. The van der Waals surface area contributed by atoms with Crippen LogP contribution in [0.5, 0.6) is 0 Å². The van der Waals surface area contributed by atoms with E-state index >= 15 is 0 Å². The summed E-state index contributed by atoms with van der Waals surface area (Å²) in [6.07, 6.45) is 2.97. The van der Waals surface area contributed by atoms with Crippen molar-refractivity contribution in [2.45, 2.75) is 26.9 Å². The molecule has 0 radical (unpaired) electrons. The number of amides is 2. The van der Waals surface area contributed by atoms with Gasteiger partial charge in [0.05, 0.1) is 11.0 Å². The molecule has 232 valence electrons. The van der Waals surface area contributed by atoms with Gasteiger partial charge in [0.1, 0.15) is 28.2 Å². The molecule has 2 aliphatic heterocycles. The number of hydrogen-bond donors (Lipinski definition) is 2. The van der Waals surface area contributed by atoms with E-state index in [4.69, 9.17) is 11.6 Å². The molecule has 2 aliphatic rings. The second-order valence-corrected chi connectivity index (χ2v) is 11.6. The topological polar surface area (TPSA) is 93.8 Å². The van der Waals surface area contributed by atoms with Crippen molar-refractivity contribution in [2.75, 3.05) is 13.1 Å². The van der Waals surface area contributed by atoms with Gasteiger partial charge in [-0.1, -0.05) is 11.6 Å². The number of benzene rings is 2. The molecule has 46 heavy (non-hydrogen) atoms. The summed E-state index contributed by atoms with van der Waals surface area (Å²) >= 11 is 5.98. The summed E-state index contributed by atoms with van der Waals surface area (Å²) in [5.41, 5.74) is 7.03. The van der Waals surface area contributed by atoms with Crippen LogP contribution in [-0.4, -0.2) is 44.0 Å². The molecule has 0 atom stereocenters. The Hall–Kier alpha value is -5.16. The third-order valence-electron chi connectivity index (χ3n) is 8.50. The number of rotatable bonds is 2. The van der Waals surface area contributed by atoms with E-state index in [-0.39, 0.29) is 17.6 Å². The monoisotopic (exact) mass is 642 g/mol. The van der Waals surface area contributed by atoms with Gasteiger partial charge in [-0.25, -0.2) is 18.7 Å². The summed E-state index contributed by atoms with van der Waals surface area (Å²) in [5, 5.41) is 7.43. The first-order valence-electron chi connectivity index (χ1n) is 14.6. The molecule has 0 fully saturated rings. The van der Waals surface area contributed by atoms with E-state index in [1.165, 1.54) is 36.5 Å². The van der Waals surface area contributed by atoms with Gasteiger partial charge in [0.25, 0.3) is 11.8 Å². The van der Waals surface area contributed by atoms with Crippen molar-refractivity contribution in [1.29, 1.82) is 0 Å². The van der Waals surface area contributed by atoms with Crippen LogP contribution in [0.1, 0.15) is 32.1 Å². The Labute approximate surface area is 265 Å². The molecule has 6 aromatic rings. The SMILES string of the molecule is Cc1c2n(c3c(-c4ccc(F)nc4)cc(F)cc13)CCNC2=O.Cc1c2n(c3c(-c4ccnc(Cl)c4)cc(F)cc13)CCNC2=O. The van der Waals surface area contributed by atoms with Crippen molar-refractivity contribution in [3.05, 3.63) is 106 Å². The lowest BCUT2D eigenvalue weighted by Crippen LogP contribution is -2.35. The number of aromatic nitrogens is 4. The predicted molar refractivity (Wildman–Crippen MR) is 169 cm³/mol. The van der Waals surface area contributed by atoms with Crippen molar-refractivity contribution >= 4 is 45.2 Å². The molecule has 4 aromatic heterocycles. The van der Waals surface area contributed by atoms with Crippen molar-refractivity contribution in [3.63, 3.8) is 0 Å². The molecule has 2 amide bonds. The summed E-state index contributed by atoms with van der Waals surface area (Å²) in [5.74, 6) is -1.61. The number of pyridine rings is 2. The summed E-state index contributed by atoms with van der Waals surface area (Å²) < 4.78 is 45.2. The Morgan fingerprint density at radius 3 is 1.76 bits per heavy atom. The van der Waals surface area contributed by atoms with Gasteiger partial charge < -0.3 is 19.8 Å². The van der Waals surface area contributed by atoms with Crippen LogP contribution in [-0.2, 0) is 13.1 Å². The van der Waals surface area contributed by atoms with Crippen LogP contribution in [0.25, 0.3) is 44.1 Å². The molecular weight excluding hydrogens is 617 g/mol. The van der Waals surface area contributed by atoms with Crippen LogP contribution < -0.4 is 10.6 Å². The van der Waals surface area contributed by atoms with Gasteiger partial charge in [-0.15, -0.1) is 0 Å². The van der Waals surface area contributed by atoms with E-state index in [0.717, 1.165) is 33.1 Å². The van der Waals surface area contributed by atoms with Gasteiger partial charge in [0, 0.05) is 66.0 Å². The van der Waals surface area contributed by atoms with Crippen LogP contribution in [0, 0.1) is 31.4 Å². The molecule has 8 nitrogen and oxygen atoms in total. The highest BCUT2D eigenvalue weighted by atomic mass is 35.5. The van der Waals surface area contributed by atoms with E-state index in [1.807, 2.05) is 23.0 Å². The smallest absolute Gasteiger partial charge is 0.268 e. The van der Waals surface area contributed by atoms with Crippen LogP contribution in [0.15, 0.2) is 60.9 Å². The van der Waals surface area contributed by atoms with E-state index in [1.54, 1.807) is 24.4 Å². The highest BCUT2D eigenvalue weighted by molar-refractivity contribution is 6.29. The van der Waals surface area contributed by atoms with E-state index in [9.17, 15) is 22.8 Å². The van der Waals surface area contributed by atoms with E-state index < -0.39 is 11.8 Å². The molecule has 0 bridgehead atoms. The molecule has 0 aliphatic carbocycles. The fourth-order valence-electron chi connectivity index (χ4n) is 6.54. The molecule has 6 heterocycles. The van der Waals surface area contributed by atoms with Crippen molar-refractivity contribution in [2.24, 2.45) is 0 Å². The number of nitrogens with zero attached hydrogens (tertiary/aromatic N) is 4. The summed E-state index contributed by atoms with van der Waals surface area (Å²) in [6, 6.07) is 12.1. The molecule has 0 unspecified atom stereocenters. The van der Waals surface area contributed by atoms with Gasteiger partial charge in [-0.3, -0.25) is 9.59 Å². The zero-order chi connectivity index (χ0) is 32.3. The Kier molecular flexibility index (Phi) is 7.28. The Balaban J connectivity index is 0.000000147. The molecule has 2 N–H and O–H groups in total. The van der Waals surface area contributed by atoms with Gasteiger partial charge in [-0.05, 0) is 79.1 Å². The molecule has 0 spiro atoms. The van der Waals surface area contributed by atoms with Crippen molar-refractivity contribution in [1.82, 2.24) is 29.7 Å². The maximum absolute atomic E-state index is 14.2. The zero-order valence-electron chi connectivity index (χ0n) is 24.7. The molecule has 0 saturated carbocycles. The van der Waals surface area contributed by atoms with Crippen molar-refractivity contribution < 1.29 is 22.8 Å². The predicted octanol–water partition coefficient (Wildman–Crippen LogP) is 6.58. The normalized spacial score (nSPS) is 14.0.